The number of ether oxygens (including phenoxy) is 1. The van der Waals surface area contributed by atoms with Gasteiger partial charge in [-0.2, -0.15) is 0 Å². The van der Waals surface area contributed by atoms with Gasteiger partial charge in [0.2, 0.25) is 0 Å². The van der Waals surface area contributed by atoms with Crippen LogP contribution in [0.15, 0.2) is 113 Å². The summed E-state index contributed by atoms with van der Waals surface area (Å²) in [7, 11) is 0. The highest BCUT2D eigenvalue weighted by Gasteiger charge is 2.47. The minimum absolute atomic E-state index is 0.0811. The van der Waals surface area contributed by atoms with E-state index in [9.17, 15) is 19.8 Å². The number of rotatable bonds is 5. The number of aromatic hydroxyl groups is 1. The Kier molecular flexibility index (Phi) is 6.31. The van der Waals surface area contributed by atoms with Crippen molar-refractivity contribution in [1.29, 1.82) is 0 Å². The summed E-state index contributed by atoms with van der Waals surface area (Å²) in [6.07, 6.45) is 0. The third-order valence-electron chi connectivity index (χ3n) is 5.86. The molecule has 6 nitrogen and oxygen atoms in total. The molecule has 1 aliphatic rings. The molecule has 7 heteroatoms. The fraction of sp³-hybridized carbons (Fsp3) is 0.0345. The summed E-state index contributed by atoms with van der Waals surface area (Å²) in [5, 5.41) is 21.8. The molecule has 2 N–H and O–H groups in total. The maximum Gasteiger partial charge on any atom is 0.300 e. The van der Waals surface area contributed by atoms with E-state index in [1.165, 1.54) is 11.0 Å². The molecule has 1 atom stereocenters. The van der Waals surface area contributed by atoms with E-state index in [1.54, 1.807) is 66.7 Å². The van der Waals surface area contributed by atoms with Gasteiger partial charge in [0, 0.05) is 10.0 Å². The number of hydrogen-bond donors (Lipinski definition) is 2. The molecule has 178 valence electrons. The van der Waals surface area contributed by atoms with Crippen molar-refractivity contribution in [3.8, 4) is 17.2 Å². The highest BCUT2D eigenvalue weighted by molar-refractivity contribution is 9.10. The van der Waals surface area contributed by atoms with Crippen molar-refractivity contribution in [3.63, 3.8) is 0 Å². The summed E-state index contributed by atoms with van der Waals surface area (Å²) in [5.41, 5.74) is 0.996. The highest BCUT2D eigenvalue weighted by atomic mass is 79.9. The Labute approximate surface area is 215 Å². The Morgan fingerprint density at radius 2 is 1.47 bits per heavy atom. The molecule has 0 saturated carbocycles. The van der Waals surface area contributed by atoms with Crippen LogP contribution >= 0.6 is 15.9 Å². The number of anilines is 1. The molecule has 4 aromatic rings. The van der Waals surface area contributed by atoms with E-state index >= 15 is 0 Å². The molecule has 4 aromatic carbocycles. The summed E-state index contributed by atoms with van der Waals surface area (Å²) in [6.45, 7) is 0. The number of carbonyl (C=O) groups is 2. The number of halogens is 1. The van der Waals surface area contributed by atoms with Gasteiger partial charge in [-0.05, 0) is 54.1 Å². The summed E-state index contributed by atoms with van der Waals surface area (Å²) in [5.74, 6) is -1.06. The first kappa shape index (κ1) is 23.4. The van der Waals surface area contributed by atoms with Crippen molar-refractivity contribution < 1.29 is 24.5 Å². The molecule has 0 bridgehead atoms. The van der Waals surface area contributed by atoms with E-state index in [-0.39, 0.29) is 22.8 Å². The Morgan fingerprint density at radius 1 is 0.806 bits per heavy atom. The lowest BCUT2D eigenvalue weighted by molar-refractivity contribution is -0.132. The zero-order valence-corrected chi connectivity index (χ0v) is 20.4. The first-order valence-corrected chi connectivity index (χ1v) is 11.9. The normalized spacial score (nSPS) is 16.8. The average molecular weight is 542 g/mol. The average Bonchev–Trinajstić information content (AvgIpc) is 3.15. The number of phenols is 1. The molecule has 1 unspecified atom stereocenters. The van der Waals surface area contributed by atoms with Gasteiger partial charge in [-0.1, -0.05) is 70.5 Å². The van der Waals surface area contributed by atoms with Crippen molar-refractivity contribution in [3.05, 3.63) is 124 Å². The Hall–Kier alpha value is -4.36. The van der Waals surface area contributed by atoms with Crippen LogP contribution in [0.3, 0.4) is 0 Å². The second-order valence-corrected chi connectivity index (χ2v) is 9.07. The minimum Gasteiger partial charge on any atom is -0.507 e. The first-order chi connectivity index (χ1) is 17.4. The maximum atomic E-state index is 13.3. The quantitative estimate of drug-likeness (QED) is 0.169. The molecular formula is C29H20BrNO5. The second kappa shape index (κ2) is 9.71. The SMILES string of the molecule is O=C1C(=O)N(c2ccccc2O)C(c2cccc(Oc3ccccc3)c2)/C1=C(/O)c1ccc(Br)cc1. The molecule has 0 spiro atoms. The number of hydrogen-bond acceptors (Lipinski definition) is 5. The van der Waals surface area contributed by atoms with Crippen LogP contribution < -0.4 is 9.64 Å². The Morgan fingerprint density at radius 3 is 2.19 bits per heavy atom. The lowest BCUT2D eigenvalue weighted by Gasteiger charge is -2.26. The molecule has 0 radical (unpaired) electrons. The van der Waals surface area contributed by atoms with E-state index < -0.39 is 17.7 Å². The van der Waals surface area contributed by atoms with Gasteiger partial charge in [0.1, 0.15) is 23.0 Å². The van der Waals surface area contributed by atoms with E-state index in [2.05, 4.69) is 15.9 Å². The Balaban J connectivity index is 1.68. The predicted octanol–water partition coefficient (Wildman–Crippen LogP) is 6.57. The van der Waals surface area contributed by atoms with Gasteiger partial charge < -0.3 is 14.9 Å². The van der Waals surface area contributed by atoms with Crippen LogP contribution in [0.5, 0.6) is 17.2 Å². The molecule has 1 aliphatic heterocycles. The molecule has 36 heavy (non-hydrogen) atoms. The predicted molar refractivity (Wildman–Crippen MR) is 140 cm³/mol. The number of Topliss-reactive ketones (excluding diaryl/α,β-unsaturated/α-hetero) is 1. The highest BCUT2D eigenvalue weighted by Crippen LogP contribution is 2.45. The third-order valence-corrected chi connectivity index (χ3v) is 6.38. The summed E-state index contributed by atoms with van der Waals surface area (Å²) in [4.78, 5) is 27.8. The third kappa shape index (κ3) is 4.36. The number of phenolic OH excluding ortho intramolecular Hbond substituents is 1. The van der Waals surface area contributed by atoms with Crippen LogP contribution in [-0.2, 0) is 9.59 Å². The second-order valence-electron chi connectivity index (χ2n) is 8.15. The smallest absolute Gasteiger partial charge is 0.300 e. The van der Waals surface area contributed by atoms with Crippen LogP contribution in [0.2, 0.25) is 0 Å². The number of carbonyl (C=O) groups excluding carboxylic acids is 2. The van der Waals surface area contributed by atoms with Crippen LogP contribution in [0.1, 0.15) is 17.2 Å². The fourth-order valence-corrected chi connectivity index (χ4v) is 4.46. The zero-order valence-electron chi connectivity index (χ0n) is 18.8. The number of benzene rings is 4. The van der Waals surface area contributed by atoms with Crippen molar-refractivity contribution in [1.82, 2.24) is 0 Å². The lowest BCUT2D eigenvalue weighted by atomic mass is 9.95. The van der Waals surface area contributed by atoms with Gasteiger partial charge in [0.05, 0.1) is 17.3 Å². The number of amides is 1. The van der Waals surface area contributed by atoms with Crippen LogP contribution in [0, 0.1) is 0 Å². The van der Waals surface area contributed by atoms with Gasteiger partial charge in [-0.3, -0.25) is 14.5 Å². The molecular weight excluding hydrogens is 522 g/mol. The Bertz CT molecular complexity index is 1480. The summed E-state index contributed by atoms with van der Waals surface area (Å²) >= 11 is 3.36. The molecule has 0 aliphatic carbocycles. The van der Waals surface area contributed by atoms with Crippen molar-refractivity contribution in [2.45, 2.75) is 6.04 Å². The number of aliphatic hydroxyl groups excluding tert-OH is 1. The van der Waals surface area contributed by atoms with Gasteiger partial charge in [0.15, 0.2) is 0 Å². The number of nitrogens with zero attached hydrogens (tertiary/aromatic N) is 1. The zero-order chi connectivity index (χ0) is 25.2. The minimum atomic E-state index is -0.999. The van der Waals surface area contributed by atoms with E-state index in [4.69, 9.17) is 4.74 Å². The maximum absolute atomic E-state index is 13.3. The van der Waals surface area contributed by atoms with Gasteiger partial charge in [-0.25, -0.2) is 0 Å². The van der Waals surface area contributed by atoms with E-state index in [1.807, 2.05) is 30.3 Å². The first-order valence-electron chi connectivity index (χ1n) is 11.1. The van der Waals surface area contributed by atoms with E-state index in [0.717, 1.165) is 4.47 Å². The molecule has 1 saturated heterocycles. The monoisotopic (exact) mass is 541 g/mol. The molecule has 1 heterocycles. The molecule has 0 aromatic heterocycles. The molecule has 1 amide bonds. The van der Waals surface area contributed by atoms with Gasteiger partial charge in [-0.15, -0.1) is 0 Å². The number of aliphatic hydroxyl groups is 1. The standard InChI is InChI=1S/C29H20BrNO5/c30-20-15-13-18(14-16-20)27(33)25-26(31(29(35)28(25)34)23-11-4-5-12-24(23)32)19-7-6-10-22(17-19)36-21-8-2-1-3-9-21/h1-17,26,32-33H/b27-25-. The summed E-state index contributed by atoms with van der Waals surface area (Å²) in [6, 6.07) is 28.2. The van der Waals surface area contributed by atoms with Crippen molar-refractivity contribution in [2.24, 2.45) is 0 Å². The molecule has 1 fully saturated rings. The van der Waals surface area contributed by atoms with Crippen LogP contribution in [0.25, 0.3) is 5.76 Å². The lowest BCUT2D eigenvalue weighted by Crippen LogP contribution is -2.29. The number of para-hydroxylation sites is 3. The van der Waals surface area contributed by atoms with Crippen molar-refractivity contribution in [2.75, 3.05) is 4.90 Å². The van der Waals surface area contributed by atoms with E-state index in [0.29, 0.717) is 22.6 Å². The topological polar surface area (TPSA) is 87.1 Å². The number of ketones is 1. The summed E-state index contributed by atoms with van der Waals surface area (Å²) < 4.78 is 6.77. The van der Waals surface area contributed by atoms with Crippen molar-refractivity contribution >= 4 is 39.1 Å². The molecule has 5 rings (SSSR count). The fourth-order valence-electron chi connectivity index (χ4n) is 4.20. The van der Waals surface area contributed by atoms with Crippen LogP contribution in [-0.4, -0.2) is 21.9 Å². The largest absolute Gasteiger partial charge is 0.507 e. The van der Waals surface area contributed by atoms with Gasteiger partial charge >= 0.3 is 0 Å². The van der Waals surface area contributed by atoms with Crippen LogP contribution in [0.4, 0.5) is 5.69 Å². The van der Waals surface area contributed by atoms with Gasteiger partial charge in [0.25, 0.3) is 11.7 Å².